The molecular weight excluding hydrogens is 327 g/mol. The van der Waals surface area contributed by atoms with Crippen molar-refractivity contribution in [1.82, 2.24) is 5.43 Å². The molecule has 0 aliphatic heterocycles. The summed E-state index contributed by atoms with van der Waals surface area (Å²) in [5.74, 6) is -1.61. The fourth-order valence-corrected chi connectivity index (χ4v) is 1.91. The van der Waals surface area contributed by atoms with Crippen LogP contribution in [0.4, 0.5) is 10.1 Å². The minimum absolute atomic E-state index is 0.0594. The number of hydrogen-bond acceptors (Lipinski definition) is 5. The summed E-state index contributed by atoms with van der Waals surface area (Å²) >= 11 is 0. The van der Waals surface area contributed by atoms with Crippen molar-refractivity contribution < 1.29 is 14.1 Å². The Morgan fingerprint density at radius 2 is 2.08 bits per heavy atom. The number of carbonyl (C=O) groups excluding carboxylic acids is 1. The largest absolute Gasteiger partial charge is 0.276 e. The van der Waals surface area contributed by atoms with Gasteiger partial charge in [-0.15, -0.1) is 0 Å². The van der Waals surface area contributed by atoms with Gasteiger partial charge in [0.1, 0.15) is 5.82 Å². The van der Waals surface area contributed by atoms with Crippen LogP contribution in [0.25, 0.3) is 6.08 Å². The van der Waals surface area contributed by atoms with Crippen molar-refractivity contribution in [2.45, 2.75) is 0 Å². The van der Waals surface area contributed by atoms with Crippen molar-refractivity contribution in [3.63, 3.8) is 0 Å². The lowest BCUT2D eigenvalue weighted by Gasteiger charge is -2.01. The molecule has 2 aromatic rings. The fraction of sp³-hybridized carbons (Fsp3) is 0. The number of amides is 1. The molecule has 0 heterocycles. The van der Waals surface area contributed by atoms with Gasteiger partial charge in [-0.05, 0) is 36.4 Å². The minimum Gasteiger partial charge on any atom is -0.267 e. The summed E-state index contributed by atoms with van der Waals surface area (Å²) < 4.78 is 13.7. The van der Waals surface area contributed by atoms with Gasteiger partial charge in [-0.1, -0.05) is 12.1 Å². The average molecular weight is 338 g/mol. The van der Waals surface area contributed by atoms with Gasteiger partial charge in [-0.25, -0.2) is 9.82 Å². The SMILES string of the molecule is N#Cc1ccc(C(=O)N/N=C/C=C/c2ccccc2[N+](=O)[O-])c(F)c1. The zero-order chi connectivity index (χ0) is 18.2. The normalized spacial score (nSPS) is 10.7. The zero-order valence-electron chi connectivity index (χ0n) is 12.7. The Hall–Kier alpha value is -3.86. The number of nitrogens with zero attached hydrogens (tertiary/aromatic N) is 3. The Kier molecular flexibility index (Phi) is 5.68. The summed E-state index contributed by atoms with van der Waals surface area (Å²) in [6, 6.07) is 11.3. The Bertz CT molecular complexity index is 916. The highest BCUT2D eigenvalue weighted by Crippen LogP contribution is 2.18. The molecule has 0 unspecified atom stereocenters. The highest BCUT2D eigenvalue weighted by Gasteiger charge is 2.11. The smallest absolute Gasteiger partial charge is 0.267 e. The van der Waals surface area contributed by atoms with Crippen molar-refractivity contribution in [2.75, 3.05) is 0 Å². The Morgan fingerprint density at radius 3 is 2.76 bits per heavy atom. The summed E-state index contributed by atoms with van der Waals surface area (Å²) in [6.45, 7) is 0. The van der Waals surface area contributed by atoms with Gasteiger partial charge < -0.3 is 0 Å². The lowest BCUT2D eigenvalue weighted by Crippen LogP contribution is -2.18. The van der Waals surface area contributed by atoms with E-state index in [0.29, 0.717) is 5.56 Å². The number of benzene rings is 2. The second-order valence-corrected chi connectivity index (χ2v) is 4.70. The standard InChI is InChI=1S/C17H11FN4O3/c18-15-10-12(11-19)7-8-14(15)17(23)21-20-9-3-5-13-4-1-2-6-16(13)22(24)25/h1-10H,(H,21,23)/b5-3+,20-9+. The predicted molar refractivity (Wildman–Crippen MR) is 89.2 cm³/mol. The first-order valence-corrected chi connectivity index (χ1v) is 6.96. The van der Waals surface area contributed by atoms with E-state index in [4.69, 9.17) is 5.26 Å². The Labute approximate surface area is 141 Å². The third-order valence-electron chi connectivity index (χ3n) is 3.08. The van der Waals surface area contributed by atoms with Crippen LogP contribution in [0.15, 0.2) is 53.6 Å². The summed E-state index contributed by atoms with van der Waals surface area (Å²) in [6.07, 6.45) is 4.06. The number of nitro groups is 1. The van der Waals surface area contributed by atoms with E-state index in [-0.39, 0.29) is 16.8 Å². The summed E-state index contributed by atoms with van der Waals surface area (Å²) in [5.41, 5.74) is 2.29. The first kappa shape index (κ1) is 17.5. The van der Waals surface area contributed by atoms with Crippen molar-refractivity contribution in [1.29, 1.82) is 5.26 Å². The van der Waals surface area contributed by atoms with E-state index >= 15 is 0 Å². The van der Waals surface area contributed by atoms with Gasteiger partial charge in [0.2, 0.25) is 0 Å². The first-order chi connectivity index (χ1) is 12.0. The molecule has 1 N–H and O–H groups in total. The van der Waals surface area contributed by atoms with E-state index in [9.17, 15) is 19.3 Å². The van der Waals surface area contributed by atoms with Crippen LogP contribution in [0, 0.1) is 27.3 Å². The lowest BCUT2D eigenvalue weighted by atomic mass is 10.1. The van der Waals surface area contributed by atoms with E-state index in [1.165, 1.54) is 36.6 Å². The average Bonchev–Trinajstić information content (AvgIpc) is 2.61. The van der Waals surface area contributed by atoms with Crippen LogP contribution in [0.2, 0.25) is 0 Å². The van der Waals surface area contributed by atoms with Crippen LogP contribution < -0.4 is 5.43 Å². The molecule has 0 radical (unpaired) electrons. The number of nitriles is 1. The van der Waals surface area contributed by atoms with Gasteiger partial charge in [0.15, 0.2) is 0 Å². The molecule has 0 aromatic heterocycles. The van der Waals surface area contributed by atoms with Crippen LogP contribution in [-0.4, -0.2) is 17.0 Å². The van der Waals surface area contributed by atoms with Gasteiger partial charge in [0.25, 0.3) is 11.6 Å². The molecule has 0 fully saturated rings. The second kappa shape index (κ2) is 8.12. The fourth-order valence-electron chi connectivity index (χ4n) is 1.91. The van der Waals surface area contributed by atoms with E-state index in [1.807, 2.05) is 0 Å². The molecule has 2 aromatic carbocycles. The number of halogens is 1. The molecule has 0 saturated heterocycles. The molecular formula is C17H11FN4O3. The highest BCUT2D eigenvalue weighted by molar-refractivity contribution is 5.95. The number of para-hydroxylation sites is 1. The number of hydrogen-bond donors (Lipinski definition) is 1. The van der Waals surface area contributed by atoms with Crippen LogP contribution in [-0.2, 0) is 0 Å². The van der Waals surface area contributed by atoms with Crippen molar-refractivity contribution in [3.05, 3.63) is 81.2 Å². The molecule has 0 atom stereocenters. The van der Waals surface area contributed by atoms with Crippen LogP contribution in [0.3, 0.4) is 0 Å². The number of nitrogens with one attached hydrogen (secondary N) is 1. The molecule has 0 bridgehead atoms. The first-order valence-electron chi connectivity index (χ1n) is 6.96. The monoisotopic (exact) mass is 338 g/mol. The van der Waals surface area contributed by atoms with Crippen LogP contribution in [0.5, 0.6) is 0 Å². The topological polar surface area (TPSA) is 108 Å². The van der Waals surface area contributed by atoms with Gasteiger partial charge in [0, 0.05) is 12.3 Å². The lowest BCUT2D eigenvalue weighted by molar-refractivity contribution is -0.385. The molecule has 0 aliphatic rings. The maximum absolute atomic E-state index is 13.7. The molecule has 124 valence electrons. The Balaban J connectivity index is 2.01. The molecule has 7 nitrogen and oxygen atoms in total. The second-order valence-electron chi connectivity index (χ2n) is 4.70. The maximum Gasteiger partial charge on any atom is 0.276 e. The van der Waals surface area contributed by atoms with E-state index in [2.05, 4.69) is 10.5 Å². The van der Waals surface area contributed by atoms with Gasteiger partial charge in [-0.3, -0.25) is 14.9 Å². The van der Waals surface area contributed by atoms with E-state index in [0.717, 1.165) is 6.07 Å². The van der Waals surface area contributed by atoms with Gasteiger partial charge >= 0.3 is 0 Å². The number of carbonyl (C=O) groups is 1. The molecule has 25 heavy (non-hydrogen) atoms. The quantitative estimate of drug-likeness (QED) is 0.513. The zero-order valence-corrected chi connectivity index (χ0v) is 12.7. The van der Waals surface area contributed by atoms with Gasteiger partial charge in [-0.2, -0.15) is 10.4 Å². The van der Waals surface area contributed by atoms with Gasteiger partial charge in [0.05, 0.1) is 27.7 Å². The number of allylic oxidation sites excluding steroid dienone is 1. The van der Waals surface area contributed by atoms with E-state index in [1.54, 1.807) is 24.3 Å². The van der Waals surface area contributed by atoms with Crippen LogP contribution >= 0.6 is 0 Å². The number of hydrazone groups is 1. The predicted octanol–water partition coefficient (Wildman–Crippen LogP) is 3.03. The third kappa shape index (κ3) is 4.56. The molecule has 1 amide bonds. The highest BCUT2D eigenvalue weighted by atomic mass is 19.1. The number of rotatable bonds is 5. The number of nitro benzene ring substituents is 1. The molecule has 0 saturated carbocycles. The van der Waals surface area contributed by atoms with Crippen molar-refractivity contribution >= 4 is 23.9 Å². The minimum atomic E-state index is -0.831. The summed E-state index contributed by atoms with van der Waals surface area (Å²) in [5, 5.41) is 23.1. The molecule has 0 spiro atoms. The third-order valence-corrected chi connectivity index (χ3v) is 3.08. The van der Waals surface area contributed by atoms with E-state index < -0.39 is 16.6 Å². The maximum atomic E-state index is 13.7. The Morgan fingerprint density at radius 1 is 1.32 bits per heavy atom. The van der Waals surface area contributed by atoms with Crippen molar-refractivity contribution in [2.24, 2.45) is 5.10 Å². The molecule has 0 aliphatic carbocycles. The molecule has 2 rings (SSSR count). The molecule has 8 heteroatoms. The summed E-state index contributed by atoms with van der Waals surface area (Å²) in [7, 11) is 0. The van der Waals surface area contributed by atoms with Crippen molar-refractivity contribution in [3.8, 4) is 6.07 Å². The summed E-state index contributed by atoms with van der Waals surface area (Å²) in [4.78, 5) is 22.1. The van der Waals surface area contributed by atoms with Crippen LogP contribution in [0.1, 0.15) is 21.5 Å².